The second kappa shape index (κ2) is 9.21. The van der Waals surface area contributed by atoms with Crippen molar-refractivity contribution >= 4 is 23.0 Å². The van der Waals surface area contributed by atoms with Crippen molar-refractivity contribution in [2.24, 2.45) is 0 Å². The van der Waals surface area contributed by atoms with Crippen molar-refractivity contribution in [3.63, 3.8) is 0 Å². The molecule has 1 saturated heterocycles. The van der Waals surface area contributed by atoms with Gasteiger partial charge >= 0.3 is 6.18 Å². The first kappa shape index (κ1) is 24.8. The van der Waals surface area contributed by atoms with E-state index in [0.717, 1.165) is 36.3 Å². The molecule has 7 nitrogen and oxygen atoms in total. The molecule has 2 aromatic heterocycles. The van der Waals surface area contributed by atoms with E-state index in [1.807, 2.05) is 11.8 Å². The Balaban J connectivity index is 1.45. The Bertz CT molecular complexity index is 1110. The number of hydrogen-bond donors (Lipinski definition) is 2. The van der Waals surface area contributed by atoms with Crippen molar-refractivity contribution in [3.8, 4) is 0 Å². The third kappa shape index (κ3) is 4.65. The van der Waals surface area contributed by atoms with Gasteiger partial charge in [-0.3, -0.25) is 9.69 Å². The van der Waals surface area contributed by atoms with Gasteiger partial charge in [-0.25, -0.2) is 4.52 Å². The van der Waals surface area contributed by atoms with Crippen LogP contribution in [-0.2, 0) is 6.18 Å². The Morgan fingerprint density at radius 1 is 1.11 bits per heavy atom. The highest BCUT2D eigenvalue weighted by Gasteiger charge is 2.42. The minimum absolute atomic E-state index is 0.0139. The highest BCUT2D eigenvalue weighted by molar-refractivity contribution is 6.36. The minimum atomic E-state index is -4.65. The van der Waals surface area contributed by atoms with E-state index in [-0.39, 0.29) is 46.9 Å². The smallest absolute Gasteiger partial charge is 0.393 e. The van der Waals surface area contributed by atoms with Crippen LogP contribution in [0.25, 0.3) is 5.52 Å². The molecule has 3 heterocycles. The van der Waals surface area contributed by atoms with E-state index >= 15 is 0 Å². The molecular formula is C24H30ClF3N4O3. The first-order chi connectivity index (χ1) is 16.6. The van der Waals surface area contributed by atoms with E-state index in [0.29, 0.717) is 31.4 Å². The van der Waals surface area contributed by atoms with Gasteiger partial charge in [-0.2, -0.15) is 18.3 Å². The molecule has 2 atom stereocenters. The van der Waals surface area contributed by atoms with Gasteiger partial charge in [-0.1, -0.05) is 18.5 Å². The van der Waals surface area contributed by atoms with Crippen LogP contribution in [0, 0.1) is 0 Å². The van der Waals surface area contributed by atoms with E-state index in [1.165, 1.54) is 4.90 Å². The number of nitrogens with zero attached hydrogens (tertiary/aromatic N) is 4. The van der Waals surface area contributed by atoms with Gasteiger partial charge in [0.05, 0.1) is 23.2 Å². The minimum Gasteiger partial charge on any atom is -0.393 e. The van der Waals surface area contributed by atoms with Crippen LogP contribution < -0.4 is 0 Å². The maximum atomic E-state index is 13.8. The lowest BCUT2D eigenvalue weighted by Crippen LogP contribution is -2.62. The summed E-state index contributed by atoms with van der Waals surface area (Å²) in [6.45, 7) is 2.38. The van der Waals surface area contributed by atoms with Crippen LogP contribution in [0.15, 0.2) is 12.1 Å². The standard InChI is InChI=1S/C24H30ClF3N4O3/c1-2-15-11-30(16-5-7-17(33)8-6-16)20(34)12-31(15)23(35)22-21(25)18-9-14(13-3-4-13)10-19(24(26,27)28)32(18)29-22/h9-10,13,15-17,20,33-34H,2-8,11-12H2,1H3. The van der Waals surface area contributed by atoms with Crippen LogP contribution in [0.2, 0.25) is 5.02 Å². The maximum Gasteiger partial charge on any atom is 0.433 e. The fraction of sp³-hybridized carbons (Fsp3) is 0.667. The molecule has 2 N–H and O–H groups in total. The van der Waals surface area contributed by atoms with Crippen molar-refractivity contribution in [2.75, 3.05) is 13.1 Å². The number of rotatable bonds is 4. The molecule has 2 unspecified atom stereocenters. The highest BCUT2D eigenvalue weighted by Crippen LogP contribution is 2.43. The average molecular weight is 515 g/mol. The van der Waals surface area contributed by atoms with E-state index in [9.17, 15) is 28.2 Å². The summed E-state index contributed by atoms with van der Waals surface area (Å²) in [4.78, 5) is 17.0. The van der Waals surface area contributed by atoms with Gasteiger partial charge in [0, 0.05) is 18.6 Å². The lowest BCUT2D eigenvalue weighted by molar-refractivity contribution is -0.142. The molecular weight excluding hydrogens is 485 g/mol. The summed E-state index contributed by atoms with van der Waals surface area (Å²) in [5.41, 5.74) is -0.558. The van der Waals surface area contributed by atoms with E-state index < -0.39 is 24.0 Å². The highest BCUT2D eigenvalue weighted by atomic mass is 35.5. The van der Waals surface area contributed by atoms with Crippen molar-refractivity contribution in [1.82, 2.24) is 19.4 Å². The summed E-state index contributed by atoms with van der Waals surface area (Å²) in [5.74, 6) is -0.510. The largest absolute Gasteiger partial charge is 0.433 e. The van der Waals surface area contributed by atoms with E-state index in [4.69, 9.17) is 11.6 Å². The number of amides is 1. The van der Waals surface area contributed by atoms with Crippen LogP contribution in [0.5, 0.6) is 0 Å². The van der Waals surface area contributed by atoms with Gasteiger partial charge < -0.3 is 15.1 Å². The Morgan fingerprint density at radius 3 is 2.40 bits per heavy atom. The van der Waals surface area contributed by atoms with Crippen molar-refractivity contribution in [2.45, 2.75) is 88.4 Å². The Hall–Kier alpha value is -1.88. The number of β-amino-alcohol motifs (C(OH)–C–C–N with tert-alkyl or cyclic N) is 1. The molecule has 3 fully saturated rings. The lowest BCUT2D eigenvalue weighted by Gasteiger charge is -2.48. The summed E-state index contributed by atoms with van der Waals surface area (Å²) >= 11 is 6.49. The number of hydrogen-bond acceptors (Lipinski definition) is 5. The molecule has 192 valence electrons. The molecule has 11 heteroatoms. The third-order valence-electron chi connectivity index (χ3n) is 7.71. The van der Waals surface area contributed by atoms with Crippen LogP contribution in [-0.4, -0.2) is 73.0 Å². The molecule has 5 rings (SSSR count). The topological polar surface area (TPSA) is 81.3 Å². The number of piperazine rings is 1. The number of alkyl halides is 3. The van der Waals surface area contributed by atoms with Gasteiger partial charge in [-0.15, -0.1) is 0 Å². The molecule has 35 heavy (non-hydrogen) atoms. The molecule has 2 saturated carbocycles. The van der Waals surface area contributed by atoms with Gasteiger partial charge in [0.15, 0.2) is 5.69 Å². The Labute approximate surface area is 206 Å². The zero-order valence-corrected chi connectivity index (χ0v) is 20.3. The number of pyridine rings is 1. The Kier molecular flexibility index (Phi) is 6.52. The normalized spacial score (nSPS) is 28.6. The number of fused-ring (bicyclic) bond motifs is 1. The predicted molar refractivity (Wildman–Crippen MR) is 123 cm³/mol. The first-order valence-corrected chi connectivity index (χ1v) is 12.7. The second-order valence-corrected chi connectivity index (χ2v) is 10.4. The molecule has 1 aliphatic heterocycles. The molecule has 0 bridgehead atoms. The zero-order valence-electron chi connectivity index (χ0n) is 19.5. The molecule has 3 aliphatic rings. The van der Waals surface area contributed by atoms with Crippen LogP contribution in [0.4, 0.5) is 13.2 Å². The summed E-state index contributed by atoms with van der Waals surface area (Å²) in [7, 11) is 0. The average Bonchev–Trinajstić information content (AvgIpc) is 3.62. The van der Waals surface area contributed by atoms with Gasteiger partial charge in [0.1, 0.15) is 11.9 Å². The third-order valence-corrected chi connectivity index (χ3v) is 8.08. The fourth-order valence-corrected chi connectivity index (χ4v) is 5.79. The number of aliphatic hydroxyl groups excluding tert-OH is 2. The summed E-state index contributed by atoms with van der Waals surface area (Å²) in [5, 5.41) is 24.6. The Morgan fingerprint density at radius 2 is 1.80 bits per heavy atom. The first-order valence-electron chi connectivity index (χ1n) is 12.3. The van der Waals surface area contributed by atoms with Crippen molar-refractivity contribution in [1.29, 1.82) is 0 Å². The number of carbonyl (C=O) groups is 1. The lowest BCUT2D eigenvalue weighted by atomic mass is 9.90. The second-order valence-electron chi connectivity index (χ2n) is 10.1. The molecule has 0 radical (unpaired) electrons. The predicted octanol–water partition coefficient (Wildman–Crippen LogP) is 4.04. The van der Waals surface area contributed by atoms with Gasteiger partial charge in [0.25, 0.3) is 5.91 Å². The molecule has 2 aromatic rings. The maximum absolute atomic E-state index is 13.8. The number of carbonyl (C=O) groups excluding carboxylic acids is 1. The molecule has 0 aromatic carbocycles. The molecule has 2 aliphatic carbocycles. The van der Waals surface area contributed by atoms with Gasteiger partial charge in [0.2, 0.25) is 0 Å². The number of aromatic nitrogens is 2. The van der Waals surface area contributed by atoms with Crippen LogP contribution in [0.1, 0.15) is 79.5 Å². The molecule has 1 amide bonds. The number of halogens is 4. The molecule has 0 spiro atoms. The van der Waals surface area contributed by atoms with Crippen molar-refractivity contribution in [3.05, 3.63) is 34.1 Å². The fourth-order valence-electron chi connectivity index (χ4n) is 5.54. The zero-order chi connectivity index (χ0) is 25.1. The quantitative estimate of drug-likeness (QED) is 0.643. The van der Waals surface area contributed by atoms with E-state index in [2.05, 4.69) is 5.10 Å². The van der Waals surface area contributed by atoms with Gasteiger partial charge in [-0.05, 0) is 68.6 Å². The van der Waals surface area contributed by atoms with Crippen LogP contribution >= 0.6 is 11.6 Å². The van der Waals surface area contributed by atoms with Crippen LogP contribution in [0.3, 0.4) is 0 Å². The van der Waals surface area contributed by atoms with E-state index in [1.54, 1.807) is 6.07 Å². The SMILES string of the molecule is CCC1CN(C2CCC(O)CC2)C(O)CN1C(=O)c1nn2c(C(F)(F)F)cc(C3CC3)cc2c1Cl. The summed E-state index contributed by atoms with van der Waals surface area (Å²) < 4.78 is 42.2. The van der Waals surface area contributed by atoms with Crippen molar-refractivity contribution < 1.29 is 28.2 Å². The monoisotopic (exact) mass is 514 g/mol. The summed E-state index contributed by atoms with van der Waals surface area (Å²) in [6.07, 6.45) is -0.735. The number of aliphatic hydroxyl groups is 2. The summed E-state index contributed by atoms with van der Waals surface area (Å²) in [6, 6.07) is 2.57.